The molecule has 60 valence electrons. The monoisotopic (exact) mass is 162 g/mol. The quantitative estimate of drug-likeness (QED) is 0.627. The zero-order valence-electron chi connectivity index (χ0n) is 6.31. The van der Waals surface area contributed by atoms with Crippen LogP contribution in [0.1, 0.15) is 0 Å². The Kier molecular flexibility index (Phi) is 1.63. The molecular weight excluding hydrogens is 155 g/mol. The van der Waals surface area contributed by atoms with Crippen LogP contribution in [0, 0.1) is 5.95 Å². The molecule has 12 heavy (non-hydrogen) atoms. The van der Waals surface area contributed by atoms with Gasteiger partial charge in [-0.1, -0.05) is 18.2 Å². The van der Waals surface area contributed by atoms with Crippen LogP contribution >= 0.6 is 0 Å². The van der Waals surface area contributed by atoms with Gasteiger partial charge in [0.05, 0.1) is 5.69 Å². The van der Waals surface area contributed by atoms with Crippen molar-refractivity contribution in [3.63, 3.8) is 0 Å². The van der Waals surface area contributed by atoms with Gasteiger partial charge in [0.2, 0.25) is 5.95 Å². The van der Waals surface area contributed by atoms with Gasteiger partial charge in [-0.05, 0) is 12.1 Å². The molecule has 0 radical (unpaired) electrons. The molecule has 0 fully saturated rings. The Morgan fingerprint density at radius 2 is 1.83 bits per heavy atom. The van der Waals surface area contributed by atoms with Gasteiger partial charge >= 0.3 is 0 Å². The molecular formula is C9H7FN2. The smallest absolute Gasteiger partial charge is 0.233 e. The number of nitrogens with zero attached hydrogens (tertiary/aromatic N) is 2. The summed E-state index contributed by atoms with van der Waals surface area (Å²) in [6, 6.07) is 10.7. The molecule has 2 nitrogen and oxygen atoms in total. The topological polar surface area (TPSA) is 17.8 Å². The van der Waals surface area contributed by atoms with Crippen molar-refractivity contribution in [2.45, 2.75) is 0 Å². The Morgan fingerprint density at radius 1 is 1.08 bits per heavy atom. The van der Waals surface area contributed by atoms with Crippen LogP contribution in [-0.4, -0.2) is 9.78 Å². The van der Waals surface area contributed by atoms with E-state index in [4.69, 9.17) is 0 Å². The van der Waals surface area contributed by atoms with Gasteiger partial charge in [-0.15, -0.1) is 5.10 Å². The highest BCUT2D eigenvalue weighted by Crippen LogP contribution is 2.05. The average molecular weight is 162 g/mol. The SMILES string of the molecule is Fc1ccn(-c2ccccc2)n1. The van der Waals surface area contributed by atoms with Crippen LogP contribution in [0.25, 0.3) is 5.69 Å². The van der Waals surface area contributed by atoms with Crippen molar-refractivity contribution in [2.75, 3.05) is 0 Å². The van der Waals surface area contributed by atoms with E-state index >= 15 is 0 Å². The normalized spacial score (nSPS) is 10.1. The summed E-state index contributed by atoms with van der Waals surface area (Å²) < 4.78 is 14.0. The summed E-state index contributed by atoms with van der Waals surface area (Å²) in [5, 5.41) is 3.63. The number of rotatable bonds is 1. The number of benzene rings is 1. The Hall–Kier alpha value is -1.64. The number of aromatic nitrogens is 2. The van der Waals surface area contributed by atoms with E-state index in [0.717, 1.165) is 5.69 Å². The molecule has 0 amide bonds. The summed E-state index contributed by atoms with van der Waals surface area (Å²) in [5.41, 5.74) is 0.862. The summed E-state index contributed by atoms with van der Waals surface area (Å²) in [7, 11) is 0. The molecule has 2 aromatic rings. The van der Waals surface area contributed by atoms with Crippen LogP contribution in [0.4, 0.5) is 4.39 Å². The Bertz CT molecular complexity index is 367. The average Bonchev–Trinajstić information content (AvgIpc) is 2.54. The molecule has 1 aromatic carbocycles. The third-order valence-corrected chi connectivity index (χ3v) is 1.58. The molecule has 0 saturated heterocycles. The van der Waals surface area contributed by atoms with Gasteiger partial charge in [0.25, 0.3) is 0 Å². The zero-order chi connectivity index (χ0) is 8.39. The Labute approximate surface area is 69.3 Å². The van der Waals surface area contributed by atoms with Crippen molar-refractivity contribution in [1.82, 2.24) is 9.78 Å². The molecule has 3 heteroatoms. The van der Waals surface area contributed by atoms with Crippen LogP contribution in [0.3, 0.4) is 0 Å². The lowest BCUT2D eigenvalue weighted by Crippen LogP contribution is -1.93. The molecule has 0 aliphatic carbocycles. The maximum Gasteiger partial charge on any atom is 0.233 e. The minimum Gasteiger partial charge on any atom is -0.238 e. The van der Waals surface area contributed by atoms with Gasteiger partial charge in [0.1, 0.15) is 0 Å². The highest BCUT2D eigenvalue weighted by molar-refractivity contribution is 5.29. The molecule has 0 bridgehead atoms. The van der Waals surface area contributed by atoms with E-state index in [-0.39, 0.29) is 0 Å². The molecule has 0 spiro atoms. The van der Waals surface area contributed by atoms with E-state index < -0.39 is 5.95 Å². The van der Waals surface area contributed by atoms with E-state index in [1.165, 1.54) is 10.7 Å². The molecule has 1 heterocycles. The standard InChI is InChI=1S/C9H7FN2/c10-9-6-7-12(11-9)8-4-2-1-3-5-8/h1-7H. The summed E-state index contributed by atoms with van der Waals surface area (Å²) in [6.07, 6.45) is 1.59. The van der Waals surface area contributed by atoms with Crippen molar-refractivity contribution in [2.24, 2.45) is 0 Å². The number of hydrogen-bond acceptors (Lipinski definition) is 1. The van der Waals surface area contributed by atoms with E-state index in [9.17, 15) is 4.39 Å². The first-order valence-corrected chi connectivity index (χ1v) is 3.63. The van der Waals surface area contributed by atoms with Crippen LogP contribution in [0.2, 0.25) is 0 Å². The first-order chi connectivity index (χ1) is 5.86. The highest BCUT2D eigenvalue weighted by Gasteiger charge is 1.97. The third kappa shape index (κ3) is 1.21. The highest BCUT2D eigenvalue weighted by atomic mass is 19.1. The fourth-order valence-electron chi connectivity index (χ4n) is 1.03. The first kappa shape index (κ1) is 7.03. The summed E-state index contributed by atoms with van der Waals surface area (Å²) in [5.74, 6) is -0.459. The van der Waals surface area contributed by atoms with E-state index in [1.54, 1.807) is 6.20 Å². The van der Waals surface area contributed by atoms with Crippen molar-refractivity contribution in [3.05, 3.63) is 48.5 Å². The second kappa shape index (κ2) is 2.77. The minimum atomic E-state index is -0.459. The maximum absolute atomic E-state index is 12.5. The largest absolute Gasteiger partial charge is 0.238 e. The molecule has 0 N–H and O–H groups in total. The van der Waals surface area contributed by atoms with Gasteiger partial charge in [0, 0.05) is 12.3 Å². The second-order valence-corrected chi connectivity index (χ2v) is 2.42. The van der Waals surface area contributed by atoms with Gasteiger partial charge in [-0.25, -0.2) is 4.68 Å². The van der Waals surface area contributed by atoms with Crippen LogP contribution in [-0.2, 0) is 0 Å². The van der Waals surface area contributed by atoms with Gasteiger partial charge in [-0.3, -0.25) is 0 Å². The van der Waals surface area contributed by atoms with Gasteiger partial charge < -0.3 is 0 Å². The van der Waals surface area contributed by atoms with E-state index in [0.29, 0.717) is 0 Å². The molecule has 1 aromatic heterocycles. The molecule has 0 atom stereocenters. The Balaban J connectivity index is 2.45. The molecule has 0 saturated carbocycles. The van der Waals surface area contributed by atoms with E-state index in [1.807, 2.05) is 30.3 Å². The fourth-order valence-corrected chi connectivity index (χ4v) is 1.03. The van der Waals surface area contributed by atoms with Crippen molar-refractivity contribution >= 4 is 0 Å². The summed E-state index contributed by atoms with van der Waals surface area (Å²) in [4.78, 5) is 0. The van der Waals surface area contributed by atoms with Gasteiger partial charge in [-0.2, -0.15) is 4.39 Å². The number of hydrogen-bond donors (Lipinski definition) is 0. The van der Waals surface area contributed by atoms with Crippen molar-refractivity contribution in [1.29, 1.82) is 0 Å². The third-order valence-electron chi connectivity index (χ3n) is 1.58. The summed E-state index contributed by atoms with van der Waals surface area (Å²) in [6.45, 7) is 0. The minimum absolute atomic E-state index is 0.459. The molecule has 0 aliphatic rings. The zero-order valence-corrected chi connectivity index (χ0v) is 6.31. The lowest BCUT2D eigenvalue weighted by atomic mass is 10.3. The van der Waals surface area contributed by atoms with Crippen molar-refractivity contribution < 1.29 is 4.39 Å². The van der Waals surface area contributed by atoms with Crippen LogP contribution in [0.15, 0.2) is 42.6 Å². The molecule has 0 unspecified atom stereocenters. The van der Waals surface area contributed by atoms with Crippen molar-refractivity contribution in [3.8, 4) is 5.69 Å². The Morgan fingerprint density at radius 3 is 2.42 bits per heavy atom. The number of para-hydroxylation sites is 1. The number of halogens is 1. The first-order valence-electron chi connectivity index (χ1n) is 3.63. The van der Waals surface area contributed by atoms with Crippen LogP contribution < -0.4 is 0 Å². The predicted octanol–water partition coefficient (Wildman–Crippen LogP) is 2.01. The summed E-state index contributed by atoms with van der Waals surface area (Å²) >= 11 is 0. The van der Waals surface area contributed by atoms with Gasteiger partial charge in [0.15, 0.2) is 0 Å². The molecule has 2 rings (SSSR count). The molecule has 0 aliphatic heterocycles. The second-order valence-electron chi connectivity index (χ2n) is 2.42. The van der Waals surface area contributed by atoms with Crippen LogP contribution in [0.5, 0.6) is 0 Å². The van der Waals surface area contributed by atoms with E-state index in [2.05, 4.69) is 5.10 Å². The predicted molar refractivity (Wildman–Crippen MR) is 43.5 cm³/mol. The lowest BCUT2D eigenvalue weighted by Gasteiger charge is -1.97. The lowest BCUT2D eigenvalue weighted by molar-refractivity contribution is 0.566. The maximum atomic E-state index is 12.5. The fraction of sp³-hybridized carbons (Fsp3) is 0.